The summed E-state index contributed by atoms with van der Waals surface area (Å²) < 4.78 is 0. The number of hydrogen-bond acceptors (Lipinski definition) is 3. The van der Waals surface area contributed by atoms with Crippen LogP contribution in [0.4, 0.5) is 0 Å². The molecule has 110 valence electrons. The van der Waals surface area contributed by atoms with Gasteiger partial charge in [-0.25, -0.2) is 0 Å². The van der Waals surface area contributed by atoms with Crippen LogP contribution in [-0.4, -0.2) is 16.8 Å². The molecular weight excluding hydrogens is 262 g/mol. The molecule has 0 fully saturated rings. The van der Waals surface area contributed by atoms with Gasteiger partial charge < -0.3 is 15.5 Å². The van der Waals surface area contributed by atoms with Crippen molar-refractivity contribution in [3.63, 3.8) is 0 Å². The summed E-state index contributed by atoms with van der Waals surface area (Å²) in [4.78, 5) is 0. The number of benzene rings is 2. The number of aromatic hydroxyl groups is 1. The molecule has 0 bridgehead atoms. The lowest BCUT2D eigenvalue weighted by atomic mass is 9.87. The van der Waals surface area contributed by atoms with Crippen LogP contribution in [0.25, 0.3) is 0 Å². The van der Waals surface area contributed by atoms with Gasteiger partial charge in [0.2, 0.25) is 0 Å². The summed E-state index contributed by atoms with van der Waals surface area (Å²) in [5.41, 5.74) is 3.56. The average Bonchev–Trinajstić information content (AvgIpc) is 2.53. The average molecular weight is 283 g/mol. The number of rotatable bonds is 4. The van der Waals surface area contributed by atoms with E-state index in [0.717, 1.165) is 24.8 Å². The molecule has 3 nitrogen and oxygen atoms in total. The van der Waals surface area contributed by atoms with Crippen molar-refractivity contribution in [2.75, 3.05) is 6.61 Å². The summed E-state index contributed by atoms with van der Waals surface area (Å²) in [7, 11) is 0. The Kier molecular flexibility index (Phi) is 4.23. The second kappa shape index (κ2) is 6.29. The number of phenolic OH excluding ortho intramolecular Hbond substituents is 1. The van der Waals surface area contributed by atoms with E-state index >= 15 is 0 Å². The molecule has 2 aromatic rings. The van der Waals surface area contributed by atoms with Crippen LogP contribution < -0.4 is 5.32 Å². The Balaban J connectivity index is 1.82. The van der Waals surface area contributed by atoms with Crippen molar-refractivity contribution in [2.45, 2.75) is 31.3 Å². The lowest BCUT2D eigenvalue weighted by Gasteiger charge is -2.30. The van der Waals surface area contributed by atoms with Crippen LogP contribution in [0.15, 0.2) is 48.5 Å². The van der Waals surface area contributed by atoms with Crippen molar-refractivity contribution in [1.29, 1.82) is 0 Å². The number of fused-ring (bicyclic) bond motifs is 1. The third-order valence-electron chi connectivity index (χ3n) is 4.23. The molecule has 0 saturated heterocycles. The maximum atomic E-state index is 9.70. The zero-order valence-electron chi connectivity index (χ0n) is 12.0. The first-order valence-corrected chi connectivity index (χ1v) is 7.51. The minimum atomic E-state index is -0.0593. The molecule has 0 radical (unpaired) electrons. The standard InChI is InChI=1S/C18H21NO2/c20-12-18(13-5-2-1-3-6-13)19-17-8-4-7-14-11-15(21)9-10-16(14)17/h1-3,5-6,9-11,17-21H,4,7-8,12H2. The van der Waals surface area contributed by atoms with Crippen molar-refractivity contribution in [1.82, 2.24) is 5.32 Å². The van der Waals surface area contributed by atoms with Crippen molar-refractivity contribution >= 4 is 0 Å². The van der Waals surface area contributed by atoms with Gasteiger partial charge in [0.25, 0.3) is 0 Å². The number of aliphatic hydroxyl groups excluding tert-OH is 1. The number of aryl methyl sites for hydroxylation is 1. The Hall–Kier alpha value is -1.84. The Labute approximate surface area is 125 Å². The van der Waals surface area contributed by atoms with Gasteiger partial charge in [-0.3, -0.25) is 0 Å². The Morgan fingerprint density at radius 1 is 1.14 bits per heavy atom. The predicted molar refractivity (Wildman–Crippen MR) is 83.2 cm³/mol. The van der Waals surface area contributed by atoms with E-state index in [0.29, 0.717) is 5.75 Å². The van der Waals surface area contributed by atoms with E-state index in [1.807, 2.05) is 42.5 Å². The van der Waals surface area contributed by atoms with Gasteiger partial charge in [0.05, 0.1) is 12.6 Å². The molecule has 3 rings (SSSR count). The van der Waals surface area contributed by atoms with E-state index in [1.165, 1.54) is 11.1 Å². The lowest BCUT2D eigenvalue weighted by molar-refractivity contribution is 0.228. The topological polar surface area (TPSA) is 52.5 Å². The molecule has 21 heavy (non-hydrogen) atoms. The molecule has 3 heteroatoms. The summed E-state index contributed by atoms with van der Waals surface area (Å²) in [5, 5.41) is 22.9. The minimum absolute atomic E-state index is 0.0593. The molecule has 0 spiro atoms. The van der Waals surface area contributed by atoms with Crippen LogP contribution in [0.1, 0.15) is 41.6 Å². The molecule has 0 saturated carbocycles. The fourth-order valence-electron chi connectivity index (χ4n) is 3.16. The van der Waals surface area contributed by atoms with Crippen molar-refractivity contribution in [3.05, 3.63) is 65.2 Å². The van der Waals surface area contributed by atoms with Gasteiger partial charge >= 0.3 is 0 Å². The fraction of sp³-hybridized carbons (Fsp3) is 0.333. The van der Waals surface area contributed by atoms with Crippen LogP contribution >= 0.6 is 0 Å². The Bertz CT molecular complexity index is 597. The van der Waals surface area contributed by atoms with Gasteiger partial charge in [-0.05, 0) is 48.1 Å². The lowest BCUT2D eigenvalue weighted by Crippen LogP contribution is -2.31. The van der Waals surface area contributed by atoms with E-state index < -0.39 is 0 Å². The number of aliphatic hydroxyl groups is 1. The maximum Gasteiger partial charge on any atom is 0.115 e. The first kappa shape index (κ1) is 14.1. The van der Waals surface area contributed by atoms with Crippen molar-refractivity contribution in [3.8, 4) is 5.75 Å². The van der Waals surface area contributed by atoms with Crippen molar-refractivity contribution in [2.24, 2.45) is 0 Å². The molecule has 2 aromatic carbocycles. The van der Waals surface area contributed by atoms with Crippen LogP contribution in [0, 0.1) is 0 Å². The second-order valence-electron chi connectivity index (χ2n) is 5.64. The molecule has 0 aromatic heterocycles. The van der Waals surface area contributed by atoms with Crippen LogP contribution in [0.3, 0.4) is 0 Å². The highest BCUT2D eigenvalue weighted by Gasteiger charge is 2.23. The molecule has 1 aliphatic rings. The zero-order valence-corrected chi connectivity index (χ0v) is 12.0. The Morgan fingerprint density at radius 2 is 1.95 bits per heavy atom. The molecule has 2 atom stereocenters. The number of phenols is 1. The molecule has 0 aliphatic heterocycles. The van der Waals surface area contributed by atoms with Gasteiger partial charge in [0.1, 0.15) is 5.75 Å². The van der Waals surface area contributed by atoms with Gasteiger partial charge in [0, 0.05) is 6.04 Å². The van der Waals surface area contributed by atoms with Crippen LogP contribution in [-0.2, 0) is 6.42 Å². The fourth-order valence-corrected chi connectivity index (χ4v) is 3.16. The molecule has 3 N–H and O–H groups in total. The second-order valence-corrected chi connectivity index (χ2v) is 5.64. The quantitative estimate of drug-likeness (QED) is 0.808. The molecule has 2 unspecified atom stereocenters. The summed E-state index contributed by atoms with van der Waals surface area (Å²) >= 11 is 0. The normalized spacial score (nSPS) is 19.0. The number of hydrogen-bond donors (Lipinski definition) is 3. The van der Waals surface area contributed by atoms with Crippen LogP contribution in [0.2, 0.25) is 0 Å². The molecule has 0 amide bonds. The highest BCUT2D eigenvalue weighted by Crippen LogP contribution is 2.33. The van der Waals surface area contributed by atoms with E-state index in [2.05, 4.69) is 5.32 Å². The zero-order chi connectivity index (χ0) is 14.7. The van der Waals surface area contributed by atoms with Gasteiger partial charge in [0.15, 0.2) is 0 Å². The molecular formula is C18H21NO2. The highest BCUT2D eigenvalue weighted by atomic mass is 16.3. The van der Waals surface area contributed by atoms with Gasteiger partial charge in [-0.1, -0.05) is 36.4 Å². The largest absolute Gasteiger partial charge is 0.508 e. The van der Waals surface area contributed by atoms with Gasteiger partial charge in [-0.15, -0.1) is 0 Å². The van der Waals surface area contributed by atoms with E-state index in [-0.39, 0.29) is 18.7 Å². The summed E-state index contributed by atoms with van der Waals surface area (Å²) in [5.74, 6) is 0.330. The van der Waals surface area contributed by atoms with E-state index in [1.54, 1.807) is 6.07 Å². The monoisotopic (exact) mass is 283 g/mol. The van der Waals surface area contributed by atoms with Gasteiger partial charge in [-0.2, -0.15) is 0 Å². The third-order valence-corrected chi connectivity index (χ3v) is 4.23. The summed E-state index contributed by atoms with van der Waals surface area (Å²) in [6.45, 7) is 0.0773. The highest BCUT2D eigenvalue weighted by molar-refractivity contribution is 5.38. The first-order valence-electron chi connectivity index (χ1n) is 7.51. The molecule has 1 aliphatic carbocycles. The maximum absolute atomic E-state index is 9.70. The van der Waals surface area contributed by atoms with Crippen LogP contribution in [0.5, 0.6) is 5.75 Å². The SMILES string of the molecule is OCC(NC1CCCc2cc(O)ccc21)c1ccccc1. The number of nitrogens with one attached hydrogen (secondary N) is 1. The third kappa shape index (κ3) is 3.09. The van der Waals surface area contributed by atoms with E-state index in [9.17, 15) is 10.2 Å². The summed E-state index contributed by atoms with van der Waals surface area (Å²) in [6.07, 6.45) is 3.17. The van der Waals surface area contributed by atoms with Crippen molar-refractivity contribution < 1.29 is 10.2 Å². The Morgan fingerprint density at radius 3 is 2.71 bits per heavy atom. The smallest absolute Gasteiger partial charge is 0.115 e. The minimum Gasteiger partial charge on any atom is -0.508 e. The molecule has 0 heterocycles. The predicted octanol–water partition coefficient (Wildman–Crippen LogP) is 3.09. The summed E-state index contributed by atoms with van der Waals surface area (Å²) in [6, 6.07) is 15.8. The first-order chi connectivity index (χ1) is 10.3. The van der Waals surface area contributed by atoms with E-state index in [4.69, 9.17) is 0 Å².